The zero-order valence-corrected chi connectivity index (χ0v) is 14.0. The molecular weight excluding hydrogens is 364 g/mol. The fourth-order valence-electron chi connectivity index (χ4n) is 1.74. The molecule has 0 aliphatic heterocycles. The summed E-state index contributed by atoms with van der Waals surface area (Å²) in [5, 5.41) is 2.63. The van der Waals surface area contributed by atoms with Crippen molar-refractivity contribution in [3.63, 3.8) is 0 Å². The maximum atomic E-state index is 12.0. The van der Waals surface area contributed by atoms with E-state index in [2.05, 4.69) is 26.2 Å². The van der Waals surface area contributed by atoms with Gasteiger partial charge < -0.3 is 14.8 Å². The van der Waals surface area contributed by atoms with Crippen molar-refractivity contribution < 1.29 is 19.1 Å². The molecule has 1 amide bonds. The third-order valence-corrected chi connectivity index (χ3v) is 3.26. The maximum absolute atomic E-state index is 12.0. The fraction of sp³-hybridized carbons (Fsp3) is 0.188. The molecular formula is C16H15BrN2O4. The molecule has 0 fully saturated rings. The number of anilines is 1. The normalized spacial score (nSPS) is 10.0. The Morgan fingerprint density at radius 3 is 2.65 bits per heavy atom. The third kappa shape index (κ3) is 5.07. The van der Waals surface area contributed by atoms with Crippen LogP contribution in [0.25, 0.3) is 0 Å². The number of esters is 1. The van der Waals surface area contributed by atoms with Crippen molar-refractivity contribution in [3.8, 4) is 5.88 Å². The SMILES string of the molecule is CCOc1ncccc1C(=O)OCC(=O)Nc1ccc(Br)cc1. The summed E-state index contributed by atoms with van der Waals surface area (Å²) in [7, 11) is 0. The van der Waals surface area contributed by atoms with Gasteiger partial charge in [-0.3, -0.25) is 4.79 Å². The Kier molecular flexibility index (Phi) is 6.10. The van der Waals surface area contributed by atoms with E-state index in [1.165, 1.54) is 12.3 Å². The standard InChI is InChI=1S/C16H15BrN2O4/c1-2-22-15-13(4-3-9-18-15)16(21)23-10-14(20)19-12-7-5-11(17)6-8-12/h3-9H,2,10H2,1H3,(H,19,20). The molecule has 2 aromatic rings. The first kappa shape index (κ1) is 17.0. The van der Waals surface area contributed by atoms with E-state index in [0.717, 1.165) is 4.47 Å². The second kappa shape index (κ2) is 8.28. The minimum atomic E-state index is -0.660. The quantitative estimate of drug-likeness (QED) is 0.781. The summed E-state index contributed by atoms with van der Waals surface area (Å²) in [6.45, 7) is 1.77. The lowest BCUT2D eigenvalue weighted by Crippen LogP contribution is -2.21. The van der Waals surface area contributed by atoms with Gasteiger partial charge in [-0.2, -0.15) is 0 Å². The highest BCUT2D eigenvalue weighted by molar-refractivity contribution is 9.10. The lowest BCUT2D eigenvalue weighted by molar-refractivity contribution is -0.119. The number of rotatable bonds is 6. The summed E-state index contributed by atoms with van der Waals surface area (Å²) in [6.07, 6.45) is 1.52. The highest BCUT2D eigenvalue weighted by Gasteiger charge is 2.16. The van der Waals surface area contributed by atoms with Crippen LogP contribution < -0.4 is 10.1 Å². The van der Waals surface area contributed by atoms with Gasteiger partial charge in [-0.05, 0) is 43.3 Å². The Hall–Kier alpha value is -2.41. The number of carbonyl (C=O) groups excluding carboxylic acids is 2. The first-order valence-corrected chi connectivity index (χ1v) is 7.70. The van der Waals surface area contributed by atoms with Gasteiger partial charge in [-0.1, -0.05) is 15.9 Å². The maximum Gasteiger partial charge on any atom is 0.344 e. The molecule has 120 valence electrons. The molecule has 0 saturated carbocycles. The van der Waals surface area contributed by atoms with Gasteiger partial charge in [-0.25, -0.2) is 9.78 Å². The second-order valence-electron chi connectivity index (χ2n) is 4.42. The molecule has 0 spiro atoms. The summed E-state index contributed by atoms with van der Waals surface area (Å²) in [6, 6.07) is 10.2. The van der Waals surface area contributed by atoms with Crippen LogP contribution in [0.15, 0.2) is 47.1 Å². The number of aromatic nitrogens is 1. The van der Waals surface area contributed by atoms with Crippen LogP contribution in [0.4, 0.5) is 5.69 Å². The van der Waals surface area contributed by atoms with E-state index < -0.39 is 18.5 Å². The van der Waals surface area contributed by atoms with E-state index in [1.54, 1.807) is 37.3 Å². The Morgan fingerprint density at radius 2 is 1.96 bits per heavy atom. The van der Waals surface area contributed by atoms with Gasteiger partial charge in [0.1, 0.15) is 5.56 Å². The van der Waals surface area contributed by atoms with Crippen LogP contribution in [0.2, 0.25) is 0 Å². The average Bonchev–Trinajstić information content (AvgIpc) is 2.56. The molecule has 2 rings (SSSR count). The lowest BCUT2D eigenvalue weighted by Gasteiger charge is -2.09. The van der Waals surface area contributed by atoms with Gasteiger partial charge in [0.2, 0.25) is 5.88 Å². The smallest absolute Gasteiger partial charge is 0.344 e. The summed E-state index contributed by atoms with van der Waals surface area (Å²) >= 11 is 3.31. The van der Waals surface area contributed by atoms with Crippen molar-refractivity contribution in [2.45, 2.75) is 6.92 Å². The van der Waals surface area contributed by atoms with Crippen LogP contribution in [0, 0.1) is 0 Å². The van der Waals surface area contributed by atoms with Gasteiger partial charge in [0.05, 0.1) is 6.61 Å². The molecule has 1 heterocycles. The number of pyridine rings is 1. The summed E-state index contributed by atoms with van der Waals surface area (Å²) < 4.78 is 11.2. The number of benzene rings is 1. The molecule has 6 nitrogen and oxygen atoms in total. The molecule has 7 heteroatoms. The van der Waals surface area contributed by atoms with Gasteiger partial charge >= 0.3 is 5.97 Å². The van der Waals surface area contributed by atoms with Gasteiger partial charge in [-0.15, -0.1) is 0 Å². The largest absolute Gasteiger partial charge is 0.477 e. The first-order valence-electron chi connectivity index (χ1n) is 6.90. The Morgan fingerprint density at radius 1 is 1.22 bits per heavy atom. The molecule has 1 N–H and O–H groups in total. The lowest BCUT2D eigenvalue weighted by atomic mass is 10.3. The predicted octanol–water partition coefficient (Wildman–Crippen LogP) is 3.04. The Balaban J connectivity index is 1.91. The molecule has 1 aromatic heterocycles. The molecule has 1 aromatic carbocycles. The van der Waals surface area contributed by atoms with Crippen LogP contribution >= 0.6 is 15.9 Å². The monoisotopic (exact) mass is 378 g/mol. The number of carbonyl (C=O) groups is 2. The van der Waals surface area contributed by atoms with Crippen LogP contribution in [-0.4, -0.2) is 30.1 Å². The van der Waals surface area contributed by atoms with E-state index >= 15 is 0 Å². The molecule has 0 unspecified atom stereocenters. The minimum absolute atomic E-state index is 0.186. The van der Waals surface area contributed by atoms with Gasteiger partial charge in [0.15, 0.2) is 6.61 Å². The number of nitrogens with zero attached hydrogens (tertiary/aromatic N) is 1. The highest BCUT2D eigenvalue weighted by atomic mass is 79.9. The van der Waals surface area contributed by atoms with E-state index in [-0.39, 0.29) is 11.4 Å². The minimum Gasteiger partial charge on any atom is -0.477 e. The van der Waals surface area contributed by atoms with E-state index in [1.807, 2.05) is 0 Å². The van der Waals surface area contributed by atoms with Crippen LogP contribution in [0.5, 0.6) is 5.88 Å². The number of halogens is 1. The molecule has 0 radical (unpaired) electrons. The number of hydrogen-bond acceptors (Lipinski definition) is 5. The van der Waals surface area contributed by atoms with Gasteiger partial charge in [0.25, 0.3) is 5.91 Å². The number of ether oxygens (including phenoxy) is 2. The van der Waals surface area contributed by atoms with Crippen molar-refractivity contribution >= 4 is 33.5 Å². The van der Waals surface area contributed by atoms with Gasteiger partial charge in [0, 0.05) is 16.4 Å². The van der Waals surface area contributed by atoms with E-state index in [4.69, 9.17) is 9.47 Å². The van der Waals surface area contributed by atoms with Crippen molar-refractivity contribution in [2.24, 2.45) is 0 Å². The predicted molar refractivity (Wildman–Crippen MR) is 88.5 cm³/mol. The highest BCUT2D eigenvalue weighted by Crippen LogP contribution is 2.16. The molecule has 0 aliphatic rings. The molecule has 23 heavy (non-hydrogen) atoms. The number of nitrogens with one attached hydrogen (secondary N) is 1. The van der Waals surface area contributed by atoms with Crippen molar-refractivity contribution in [1.29, 1.82) is 0 Å². The number of hydrogen-bond donors (Lipinski definition) is 1. The number of amides is 1. The van der Waals surface area contributed by atoms with Crippen LogP contribution in [-0.2, 0) is 9.53 Å². The zero-order valence-electron chi connectivity index (χ0n) is 12.4. The van der Waals surface area contributed by atoms with E-state index in [0.29, 0.717) is 12.3 Å². The van der Waals surface area contributed by atoms with Crippen LogP contribution in [0.1, 0.15) is 17.3 Å². The Bertz CT molecular complexity index is 689. The van der Waals surface area contributed by atoms with Crippen molar-refractivity contribution in [2.75, 3.05) is 18.5 Å². The fourth-order valence-corrected chi connectivity index (χ4v) is 2.00. The zero-order chi connectivity index (χ0) is 16.7. The summed E-state index contributed by atoms with van der Waals surface area (Å²) in [4.78, 5) is 27.8. The van der Waals surface area contributed by atoms with E-state index in [9.17, 15) is 9.59 Å². The van der Waals surface area contributed by atoms with Crippen molar-refractivity contribution in [3.05, 3.63) is 52.6 Å². The summed E-state index contributed by atoms with van der Waals surface area (Å²) in [5.41, 5.74) is 0.802. The van der Waals surface area contributed by atoms with Crippen LogP contribution in [0.3, 0.4) is 0 Å². The topological polar surface area (TPSA) is 77.5 Å². The third-order valence-electron chi connectivity index (χ3n) is 2.73. The molecule has 0 bridgehead atoms. The molecule has 0 atom stereocenters. The molecule has 0 saturated heterocycles. The van der Waals surface area contributed by atoms with Crippen molar-refractivity contribution in [1.82, 2.24) is 4.98 Å². The Labute approximate surface area is 142 Å². The first-order chi connectivity index (χ1) is 11.1. The second-order valence-corrected chi connectivity index (χ2v) is 5.34. The summed E-state index contributed by atoms with van der Waals surface area (Å²) in [5.74, 6) is -0.900. The average molecular weight is 379 g/mol. The molecule has 0 aliphatic carbocycles.